The molecule has 2 aromatic rings. The smallest absolute Gasteiger partial charge is 0.384 e. The maximum absolute atomic E-state index is 11.2. The van der Waals surface area contributed by atoms with Crippen LogP contribution in [0.25, 0.3) is 11.4 Å². The number of carbonyl (C=O) groups excluding carboxylic acids is 1. The van der Waals surface area contributed by atoms with Crippen molar-refractivity contribution in [3.63, 3.8) is 0 Å². The van der Waals surface area contributed by atoms with Crippen molar-refractivity contribution in [2.24, 2.45) is 0 Å². The topological polar surface area (TPSA) is 52.1 Å². The van der Waals surface area contributed by atoms with Crippen LogP contribution in [0.4, 0.5) is 0 Å². The van der Waals surface area contributed by atoms with Gasteiger partial charge >= 0.3 is 5.97 Å². The fourth-order valence-corrected chi connectivity index (χ4v) is 1.63. The van der Waals surface area contributed by atoms with Gasteiger partial charge in [-0.2, -0.15) is 0 Å². The number of nitrogens with zero attached hydrogens (tertiary/aromatic N) is 2. The highest BCUT2D eigenvalue weighted by atomic mass is 16.5. The molecule has 0 aliphatic rings. The lowest BCUT2D eigenvalue weighted by Crippen LogP contribution is -2.00. The van der Waals surface area contributed by atoms with Gasteiger partial charge in [0.05, 0.1) is 6.61 Å². The number of carbonyl (C=O) groups is 1. The van der Waals surface area contributed by atoms with Gasteiger partial charge in [0.1, 0.15) is 5.69 Å². The summed E-state index contributed by atoms with van der Waals surface area (Å²) < 4.78 is 4.75. The van der Waals surface area contributed by atoms with E-state index < -0.39 is 5.97 Å². The van der Waals surface area contributed by atoms with Crippen LogP contribution >= 0.6 is 0 Å². The Hall–Kier alpha value is -2.67. The second-order valence-corrected chi connectivity index (χ2v) is 4.05. The number of aryl methyl sites for hydroxylation is 1. The number of rotatable bonds is 2. The van der Waals surface area contributed by atoms with Crippen LogP contribution in [0.2, 0.25) is 0 Å². The molecule has 0 atom stereocenters. The summed E-state index contributed by atoms with van der Waals surface area (Å²) in [5, 5.41) is 0. The zero-order valence-corrected chi connectivity index (χ0v) is 11.4. The largest absolute Gasteiger partial charge is 0.456 e. The molecule has 0 unspecified atom stereocenters. The summed E-state index contributed by atoms with van der Waals surface area (Å²) in [5.74, 6) is 5.15. The first-order valence-electron chi connectivity index (χ1n) is 6.29. The average molecular weight is 266 g/mol. The van der Waals surface area contributed by atoms with Gasteiger partial charge in [0.2, 0.25) is 0 Å². The Kier molecular flexibility index (Phi) is 4.46. The Bertz CT molecular complexity index is 670. The molecule has 20 heavy (non-hydrogen) atoms. The van der Waals surface area contributed by atoms with E-state index in [1.165, 1.54) is 0 Å². The third-order valence-electron chi connectivity index (χ3n) is 2.45. The van der Waals surface area contributed by atoms with Crippen LogP contribution in [0, 0.1) is 18.8 Å². The summed E-state index contributed by atoms with van der Waals surface area (Å²) in [6, 6.07) is 11.4. The molecule has 0 saturated heterocycles. The molecular formula is C16H14N2O2. The Morgan fingerprint density at radius 1 is 1.25 bits per heavy atom. The maximum atomic E-state index is 11.2. The minimum atomic E-state index is -0.551. The standard InChI is InChI=1S/C16H14N2O2/c1-3-20-15(19)10-9-14-11-12(2)17-16(18-14)13-7-5-4-6-8-13/h4-8,11H,3H2,1-2H3. The van der Waals surface area contributed by atoms with Crippen LogP contribution in [0.15, 0.2) is 36.4 Å². The average Bonchev–Trinajstić information content (AvgIpc) is 2.46. The molecule has 2 rings (SSSR count). The van der Waals surface area contributed by atoms with Crippen molar-refractivity contribution in [2.75, 3.05) is 6.61 Å². The Morgan fingerprint density at radius 3 is 2.70 bits per heavy atom. The number of esters is 1. The summed E-state index contributed by atoms with van der Waals surface area (Å²) in [6.45, 7) is 3.91. The summed E-state index contributed by atoms with van der Waals surface area (Å²) >= 11 is 0. The predicted molar refractivity (Wildman–Crippen MR) is 75.7 cm³/mol. The Balaban J connectivity index is 2.32. The molecule has 0 saturated carbocycles. The van der Waals surface area contributed by atoms with E-state index >= 15 is 0 Å². The number of ether oxygens (including phenoxy) is 1. The van der Waals surface area contributed by atoms with Crippen molar-refractivity contribution in [1.82, 2.24) is 9.97 Å². The van der Waals surface area contributed by atoms with Gasteiger partial charge in [0, 0.05) is 17.2 Å². The van der Waals surface area contributed by atoms with E-state index in [0.717, 1.165) is 11.3 Å². The number of hydrogen-bond acceptors (Lipinski definition) is 4. The fourth-order valence-electron chi connectivity index (χ4n) is 1.63. The normalized spacial score (nSPS) is 9.50. The minimum absolute atomic E-state index is 0.311. The monoisotopic (exact) mass is 266 g/mol. The van der Waals surface area contributed by atoms with E-state index in [0.29, 0.717) is 18.1 Å². The van der Waals surface area contributed by atoms with Crippen LogP contribution in [0.5, 0.6) is 0 Å². The summed E-state index contributed by atoms with van der Waals surface area (Å²) in [7, 11) is 0. The second-order valence-electron chi connectivity index (χ2n) is 4.05. The fraction of sp³-hybridized carbons (Fsp3) is 0.188. The SMILES string of the molecule is CCOC(=O)C#Cc1cc(C)nc(-c2ccccc2)n1. The first kappa shape index (κ1) is 13.8. The predicted octanol–water partition coefficient (Wildman–Crippen LogP) is 2.37. The Morgan fingerprint density at radius 2 is 2.00 bits per heavy atom. The van der Waals surface area contributed by atoms with Crippen LogP contribution in [0.3, 0.4) is 0 Å². The van der Waals surface area contributed by atoms with E-state index in [1.807, 2.05) is 37.3 Å². The van der Waals surface area contributed by atoms with Crippen molar-refractivity contribution in [3.8, 4) is 23.2 Å². The molecule has 4 nitrogen and oxygen atoms in total. The van der Waals surface area contributed by atoms with Crippen LogP contribution in [-0.2, 0) is 9.53 Å². The molecule has 1 aromatic heterocycles. The molecule has 4 heteroatoms. The molecule has 0 aliphatic carbocycles. The zero-order valence-electron chi connectivity index (χ0n) is 11.4. The Labute approximate surface area is 117 Å². The van der Waals surface area contributed by atoms with E-state index in [4.69, 9.17) is 4.74 Å². The van der Waals surface area contributed by atoms with E-state index in [9.17, 15) is 4.79 Å². The molecule has 100 valence electrons. The number of hydrogen-bond donors (Lipinski definition) is 0. The van der Waals surface area contributed by atoms with Gasteiger partial charge in [-0.05, 0) is 25.8 Å². The molecule has 0 N–H and O–H groups in total. The van der Waals surface area contributed by atoms with Gasteiger partial charge in [-0.1, -0.05) is 30.3 Å². The molecule has 0 spiro atoms. The van der Waals surface area contributed by atoms with Gasteiger partial charge in [-0.3, -0.25) is 0 Å². The van der Waals surface area contributed by atoms with Gasteiger partial charge < -0.3 is 4.74 Å². The lowest BCUT2D eigenvalue weighted by atomic mass is 10.2. The highest BCUT2D eigenvalue weighted by molar-refractivity contribution is 5.89. The summed E-state index contributed by atoms with van der Waals surface area (Å²) in [6.07, 6.45) is 0. The molecule has 1 heterocycles. The second kappa shape index (κ2) is 6.48. The van der Waals surface area contributed by atoms with Gasteiger partial charge in [0.15, 0.2) is 5.82 Å². The van der Waals surface area contributed by atoms with Crippen LogP contribution in [-0.4, -0.2) is 22.5 Å². The summed E-state index contributed by atoms with van der Waals surface area (Å²) in [4.78, 5) is 19.9. The first-order valence-corrected chi connectivity index (χ1v) is 6.29. The third kappa shape index (κ3) is 3.66. The third-order valence-corrected chi connectivity index (χ3v) is 2.45. The first-order chi connectivity index (χ1) is 9.69. The minimum Gasteiger partial charge on any atom is -0.456 e. The molecule has 0 amide bonds. The van der Waals surface area contributed by atoms with Crippen LogP contribution in [0.1, 0.15) is 18.3 Å². The number of aromatic nitrogens is 2. The van der Waals surface area contributed by atoms with Gasteiger partial charge in [-0.15, -0.1) is 0 Å². The highest BCUT2D eigenvalue weighted by Gasteiger charge is 2.03. The van der Waals surface area contributed by atoms with Crippen LogP contribution < -0.4 is 0 Å². The summed E-state index contributed by atoms with van der Waals surface area (Å²) in [5.41, 5.74) is 2.21. The van der Waals surface area contributed by atoms with Crippen molar-refractivity contribution in [3.05, 3.63) is 47.8 Å². The molecule has 0 fully saturated rings. The molecule has 1 aromatic carbocycles. The molecular weight excluding hydrogens is 252 g/mol. The van der Waals surface area contributed by atoms with Crippen molar-refractivity contribution < 1.29 is 9.53 Å². The lowest BCUT2D eigenvalue weighted by molar-refractivity contribution is -0.136. The van der Waals surface area contributed by atoms with Crippen molar-refractivity contribution >= 4 is 5.97 Å². The van der Waals surface area contributed by atoms with Gasteiger partial charge in [-0.25, -0.2) is 14.8 Å². The van der Waals surface area contributed by atoms with Crippen molar-refractivity contribution in [1.29, 1.82) is 0 Å². The molecule has 0 bridgehead atoms. The van der Waals surface area contributed by atoms with Crippen molar-refractivity contribution in [2.45, 2.75) is 13.8 Å². The zero-order chi connectivity index (χ0) is 14.4. The maximum Gasteiger partial charge on any atom is 0.384 e. The van der Waals surface area contributed by atoms with E-state index in [-0.39, 0.29) is 0 Å². The van der Waals surface area contributed by atoms with E-state index in [2.05, 4.69) is 21.8 Å². The quantitative estimate of drug-likeness (QED) is 0.618. The lowest BCUT2D eigenvalue weighted by Gasteiger charge is -2.02. The molecule has 0 aliphatic heterocycles. The van der Waals surface area contributed by atoms with Gasteiger partial charge in [0.25, 0.3) is 0 Å². The molecule has 0 radical (unpaired) electrons. The van der Waals surface area contributed by atoms with E-state index in [1.54, 1.807) is 13.0 Å². The highest BCUT2D eigenvalue weighted by Crippen LogP contribution is 2.14. The number of benzene rings is 1.